The van der Waals surface area contributed by atoms with Gasteiger partial charge >= 0.3 is 0 Å². The lowest BCUT2D eigenvalue weighted by Gasteiger charge is -2.02. The van der Waals surface area contributed by atoms with Crippen LogP contribution in [0.15, 0.2) is 71.2 Å². The zero-order chi connectivity index (χ0) is 16.9. The van der Waals surface area contributed by atoms with Gasteiger partial charge in [-0.1, -0.05) is 41.9 Å². The number of carbonyl (C=O) groups is 1. The summed E-state index contributed by atoms with van der Waals surface area (Å²) in [7, 11) is 0. The fraction of sp³-hybridized carbons (Fsp3) is 0. The second-order valence-corrected chi connectivity index (χ2v) is 5.43. The summed E-state index contributed by atoms with van der Waals surface area (Å²) in [6.45, 7) is 0. The molecule has 1 aromatic heterocycles. The van der Waals surface area contributed by atoms with Gasteiger partial charge in [-0.3, -0.25) is 4.79 Å². The van der Waals surface area contributed by atoms with E-state index in [1.54, 1.807) is 12.1 Å². The van der Waals surface area contributed by atoms with Crippen molar-refractivity contribution >= 4 is 29.3 Å². The van der Waals surface area contributed by atoms with E-state index in [0.717, 1.165) is 11.3 Å². The topological polar surface area (TPSA) is 42.2 Å². The van der Waals surface area contributed by atoms with Gasteiger partial charge < -0.3 is 9.73 Å². The first-order valence-corrected chi connectivity index (χ1v) is 7.59. The second-order valence-electron chi connectivity index (χ2n) is 5.02. The molecule has 0 spiro atoms. The number of rotatable bonds is 4. The summed E-state index contributed by atoms with van der Waals surface area (Å²) in [5.74, 6) is 0.381. The van der Waals surface area contributed by atoms with E-state index in [9.17, 15) is 9.18 Å². The number of furan rings is 1. The Balaban J connectivity index is 1.66. The van der Waals surface area contributed by atoms with Crippen LogP contribution in [0.2, 0.25) is 5.02 Å². The lowest BCUT2D eigenvalue weighted by Crippen LogP contribution is -2.07. The number of anilines is 1. The maximum absolute atomic E-state index is 13.1. The van der Waals surface area contributed by atoms with Crippen molar-refractivity contribution < 1.29 is 13.6 Å². The normalized spacial score (nSPS) is 10.9. The standard InChI is InChI=1S/C19H13ClFNO2/c20-16-12-14(6-9-17(16)21)22-19(23)11-8-15-7-10-18(24-15)13-4-2-1-3-5-13/h1-12H,(H,22,23)/b11-8+. The highest BCUT2D eigenvalue weighted by molar-refractivity contribution is 6.31. The zero-order valence-electron chi connectivity index (χ0n) is 12.5. The van der Waals surface area contributed by atoms with Crippen molar-refractivity contribution in [2.24, 2.45) is 0 Å². The summed E-state index contributed by atoms with van der Waals surface area (Å²) in [5.41, 5.74) is 1.38. The van der Waals surface area contributed by atoms with Gasteiger partial charge in [-0.15, -0.1) is 0 Å². The highest BCUT2D eigenvalue weighted by Crippen LogP contribution is 2.22. The third kappa shape index (κ3) is 3.91. The van der Waals surface area contributed by atoms with Crippen LogP contribution in [0.3, 0.4) is 0 Å². The van der Waals surface area contributed by atoms with E-state index >= 15 is 0 Å². The predicted molar refractivity (Wildman–Crippen MR) is 93.2 cm³/mol. The van der Waals surface area contributed by atoms with Crippen LogP contribution in [0, 0.1) is 5.82 Å². The van der Waals surface area contributed by atoms with Gasteiger partial charge in [-0.2, -0.15) is 0 Å². The Morgan fingerprint density at radius 1 is 1.08 bits per heavy atom. The number of carbonyl (C=O) groups excluding carboxylic acids is 1. The van der Waals surface area contributed by atoms with Gasteiger partial charge in [0.2, 0.25) is 5.91 Å². The first-order chi connectivity index (χ1) is 11.6. The molecule has 1 N–H and O–H groups in total. The minimum Gasteiger partial charge on any atom is -0.457 e. The van der Waals surface area contributed by atoms with Gasteiger partial charge in [-0.25, -0.2) is 4.39 Å². The van der Waals surface area contributed by atoms with E-state index in [2.05, 4.69) is 5.32 Å². The molecule has 0 atom stereocenters. The minimum atomic E-state index is -0.533. The van der Waals surface area contributed by atoms with E-state index < -0.39 is 5.82 Å². The van der Waals surface area contributed by atoms with E-state index in [1.165, 1.54) is 24.3 Å². The van der Waals surface area contributed by atoms with Gasteiger partial charge in [0.1, 0.15) is 17.3 Å². The maximum atomic E-state index is 13.1. The molecule has 3 rings (SSSR count). The maximum Gasteiger partial charge on any atom is 0.248 e. The number of nitrogens with one attached hydrogen (secondary N) is 1. The fourth-order valence-corrected chi connectivity index (χ4v) is 2.30. The number of benzene rings is 2. The number of hydrogen-bond acceptors (Lipinski definition) is 2. The molecule has 0 saturated heterocycles. The van der Waals surface area contributed by atoms with Gasteiger partial charge in [0.25, 0.3) is 0 Å². The molecule has 1 heterocycles. The molecule has 0 aliphatic carbocycles. The molecular weight excluding hydrogens is 329 g/mol. The Morgan fingerprint density at radius 3 is 2.62 bits per heavy atom. The van der Waals surface area contributed by atoms with Crippen LogP contribution in [-0.4, -0.2) is 5.91 Å². The van der Waals surface area contributed by atoms with Crippen LogP contribution >= 0.6 is 11.6 Å². The molecule has 0 bridgehead atoms. The van der Waals surface area contributed by atoms with Crippen molar-refractivity contribution in [2.45, 2.75) is 0 Å². The van der Waals surface area contributed by atoms with Crippen molar-refractivity contribution in [3.63, 3.8) is 0 Å². The second kappa shape index (κ2) is 7.15. The quantitative estimate of drug-likeness (QED) is 0.646. The third-order valence-corrected chi connectivity index (χ3v) is 3.56. The van der Waals surface area contributed by atoms with Crippen molar-refractivity contribution in [3.05, 3.63) is 83.3 Å². The first kappa shape index (κ1) is 16.0. The first-order valence-electron chi connectivity index (χ1n) is 7.21. The molecule has 0 radical (unpaired) electrons. The minimum absolute atomic E-state index is 0.0460. The van der Waals surface area contributed by atoms with Gasteiger partial charge in [0.05, 0.1) is 5.02 Å². The fourth-order valence-electron chi connectivity index (χ4n) is 2.12. The molecule has 2 aromatic carbocycles. The molecule has 3 nitrogen and oxygen atoms in total. The van der Waals surface area contributed by atoms with E-state index in [4.69, 9.17) is 16.0 Å². The number of amides is 1. The third-order valence-electron chi connectivity index (χ3n) is 3.27. The van der Waals surface area contributed by atoms with Crippen LogP contribution in [0.5, 0.6) is 0 Å². The largest absolute Gasteiger partial charge is 0.457 e. The Morgan fingerprint density at radius 2 is 1.88 bits per heavy atom. The summed E-state index contributed by atoms with van der Waals surface area (Å²) in [6, 6.07) is 17.3. The smallest absolute Gasteiger partial charge is 0.248 e. The van der Waals surface area contributed by atoms with Crippen LogP contribution in [0.1, 0.15) is 5.76 Å². The Labute approximate surface area is 143 Å². The lowest BCUT2D eigenvalue weighted by atomic mass is 10.2. The van der Waals surface area contributed by atoms with E-state index in [0.29, 0.717) is 11.4 Å². The molecule has 5 heteroatoms. The summed E-state index contributed by atoms with van der Waals surface area (Å²) < 4.78 is 18.7. The van der Waals surface area contributed by atoms with Crippen molar-refractivity contribution in [2.75, 3.05) is 5.32 Å². The Bertz CT molecular complexity index is 887. The monoisotopic (exact) mass is 341 g/mol. The highest BCUT2D eigenvalue weighted by Gasteiger charge is 2.04. The SMILES string of the molecule is O=C(/C=C/c1ccc(-c2ccccc2)o1)Nc1ccc(F)c(Cl)c1. The molecule has 0 unspecified atom stereocenters. The summed E-state index contributed by atoms with van der Waals surface area (Å²) in [4.78, 5) is 11.9. The van der Waals surface area contributed by atoms with Gasteiger partial charge in [0.15, 0.2) is 0 Å². The zero-order valence-corrected chi connectivity index (χ0v) is 13.3. The highest BCUT2D eigenvalue weighted by atomic mass is 35.5. The Kier molecular flexibility index (Phi) is 4.77. The van der Waals surface area contributed by atoms with Crippen LogP contribution in [0.25, 0.3) is 17.4 Å². The predicted octanol–water partition coefficient (Wildman–Crippen LogP) is 5.39. The molecule has 0 aliphatic rings. The van der Waals surface area contributed by atoms with E-state index in [-0.39, 0.29) is 10.9 Å². The van der Waals surface area contributed by atoms with Crippen molar-refractivity contribution in [3.8, 4) is 11.3 Å². The summed E-state index contributed by atoms with van der Waals surface area (Å²) >= 11 is 5.67. The van der Waals surface area contributed by atoms with Gasteiger partial charge in [-0.05, 0) is 36.4 Å². The van der Waals surface area contributed by atoms with Gasteiger partial charge in [0, 0.05) is 17.3 Å². The molecule has 24 heavy (non-hydrogen) atoms. The molecule has 0 fully saturated rings. The van der Waals surface area contributed by atoms with Crippen LogP contribution in [-0.2, 0) is 4.79 Å². The Hall–Kier alpha value is -2.85. The van der Waals surface area contributed by atoms with Crippen molar-refractivity contribution in [1.29, 1.82) is 0 Å². The molecule has 1 amide bonds. The molecule has 120 valence electrons. The summed E-state index contributed by atoms with van der Waals surface area (Å²) in [6.07, 6.45) is 2.90. The van der Waals surface area contributed by atoms with E-state index in [1.807, 2.05) is 36.4 Å². The average molecular weight is 342 g/mol. The molecule has 0 saturated carbocycles. The number of halogens is 2. The van der Waals surface area contributed by atoms with Crippen LogP contribution in [0.4, 0.5) is 10.1 Å². The van der Waals surface area contributed by atoms with Crippen molar-refractivity contribution in [1.82, 2.24) is 0 Å². The summed E-state index contributed by atoms with van der Waals surface area (Å²) in [5, 5.41) is 2.55. The molecular formula is C19H13ClFNO2. The lowest BCUT2D eigenvalue weighted by molar-refractivity contribution is -0.111. The molecule has 3 aromatic rings. The average Bonchev–Trinajstić information content (AvgIpc) is 3.06. The van der Waals surface area contributed by atoms with Crippen LogP contribution < -0.4 is 5.32 Å². The molecule has 0 aliphatic heterocycles. The number of hydrogen-bond donors (Lipinski definition) is 1.